The first kappa shape index (κ1) is 9.36. The van der Waals surface area contributed by atoms with E-state index in [0.717, 1.165) is 0 Å². The molecule has 1 rings (SSSR count). The molecule has 0 fully saturated rings. The van der Waals surface area contributed by atoms with Gasteiger partial charge in [-0.25, -0.2) is 0 Å². The highest BCUT2D eigenvalue weighted by Crippen LogP contribution is 2.19. The first-order valence-corrected chi connectivity index (χ1v) is 4.14. The van der Waals surface area contributed by atoms with Gasteiger partial charge >= 0.3 is 0 Å². The number of carbonyl (C=O) groups excluding carboxylic acids is 1. The van der Waals surface area contributed by atoms with Crippen LogP contribution in [0.15, 0.2) is 24.3 Å². The molecular weight excluding hydrogens is 199 g/mol. The van der Waals surface area contributed by atoms with Crippen molar-refractivity contribution in [3.8, 4) is 5.75 Å². The Hall–Kier alpha value is -0.730. The molecule has 2 nitrogen and oxygen atoms in total. The van der Waals surface area contributed by atoms with Crippen LogP contribution in [-0.4, -0.2) is 11.3 Å². The summed E-state index contributed by atoms with van der Waals surface area (Å²) >= 11 is 10.6. The van der Waals surface area contributed by atoms with E-state index in [1.54, 1.807) is 24.3 Å². The first-order chi connectivity index (χ1) is 5.75. The monoisotopic (exact) mass is 204 g/mol. The lowest BCUT2D eigenvalue weighted by molar-refractivity contribution is 0.107. The molecule has 0 aromatic heterocycles. The van der Waals surface area contributed by atoms with E-state index in [9.17, 15) is 4.79 Å². The minimum Gasteiger partial charge on any atom is -0.477 e. The van der Waals surface area contributed by atoms with Gasteiger partial charge in [-0.1, -0.05) is 23.7 Å². The molecule has 0 bridgehead atoms. The van der Waals surface area contributed by atoms with E-state index in [0.29, 0.717) is 11.3 Å². The molecular formula is C8H6Cl2O2. The van der Waals surface area contributed by atoms with Crippen molar-refractivity contribution in [3.63, 3.8) is 0 Å². The number of halogens is 2. The third-order valence-electron chi connectivity index (χ3n) is 1.31. The molecule has 0 N–H and O–H groups in total. The minimum absolute atomic E-state index is 0.00117. The Morgan fingerprint density at radius 2 is 2.08 bits per heavy atom. The van der Waals surface area contributed by atoms with Crippen molar-refractivity contribution in [1.82, 2.24) is 0 Å². The highest BCUT2D eigenvalue weighted by molar-refractivity contribution is 6.68. The van der Waals surface area contributed by atoms with Crippen LogP contribution in [0.1, 0.15) is 10.4 Å². The van der Waals surface area contributed by atoms with Crippen LogP contribution in [0.3, 0.4) is 0 Å². The van der Waals surface area contributed by atoms with Gasteiger partial charge in [-0.2, -0.15) is 0 Å². The molecule has 0 spiro atoms. The van der Waals surface area contributed by atoms with Gasteiger partial charge in [0.25, 0.3) is 5.24 Å². The van der Waals surface area contributed by atoms with E-state index in [4.69, 9.17) is 27.9 Å². The van der Waals surface area contributed by atoms with Gasteiger partial charge in [0.05, 0.1) is 5.56 Å². The number of para-hydroxylation sites is 1. The predicted octanol–water partition coefficient (Wildman–Crippen LogP) is 2.64. The molecule has 4 heteroatoms. The van der Waals surface area contributed by atoms with Crippen molar-refractivity contribution in [2.24, 2.45) is 0 Å². The van der Waals surface area contributed by atoms with Gasteiger partial charge in [-0.3, -0.25) is 4.79 Å². The summed E-state index contributed by atoms with van der Waals surface area (Å²) in [5.74, 6) is 0.410. The smallest absolute Gasteiger partial charge is 0.256 e. The van der Waals surface area contributed by atoms with Gasteiger partial charge in [0.2, 0.25) is 0 Å². The fourth-order valence-corrected chi connectivity index (χ4v) is 1.09. The molecule has 0 radical (unpaired) electrons. The minimum atomic E-state index is -0.546. The van der Waals surface area contributed by atoms with E-state index in [1.165, 1.54) is 0 Å². The second-order valence-corrected chi connectivity index (χ2v) is 2.58. The van der Waals surface area contributed by atoms with E-state index >= 15 is 0 Å². The molecule has 0 aliphatic heterocycles. The molecule has 0 amide bonds. The maximum absolute atomic E-state index is 10.8. The fourth-order valence-electron chi connectivity index (χ4n) is 0.814. The van der Waals surface area contributed by atoms with Gasteiger partial charge in [-0.15, -0.1) is 0 Å². The zero-order valence-electron chi connectivity index (χ0n) is 6.09. The Balaban J connectivity index is 3.00. The third kappa shape index (κ3) is 2.13. The summed E-state index contributed by atoms with van der Waals surface area (Å²) in [7, 11) is 0. The average Bonchev–Trinajstić information content (AvgIpc) is 2.05. The Morgan fingerprint density at radius 3 is 2.67 bits per heavy atom. The third-order valence-corrected chi connectivity index (χ3v) is 1.62. The predicted molar refractivity (Wildman–Crippen MR) is 48.0 cm³/mol. The molecule has 1 aromatic carbocycles. The van der Waals surface area contributed by atoms with Crippen molar-refractivity contribution >= 4 is 28.4 Å². The molecule has 64 valence electrons. The van der Waals surface area contributed by atoms with Crippen LogP contribution in [0, 0.1) is 0 Å². The first-order valence-electron chi connectivity index (χ1n) is 3.23. The van der Waals surface area contributed by atoms with Gasteiger partial charge in [0.15, 0.2) is 6.07 Å². The Bertz CT molecular complexity index is 286. The molecule has 0 atom stereocenters. The van der Waals surface area contributed by atoms with E-state index in [2.05, 4.69) is 0 Å². The highest BCUT2D eigenvalue weighted by atomic mass is 35.5. The van der Waals surface area contributed by atoms with Gasteiger partial charge in [0.1, 0.15) is 5.75 Å². The topological polar surface area (TPSA) is 26.3 Å². The Labute approximate surface area is 80.0 Å². The van der Waals surface area contributed by atoms with Crippen LogP contribution < -0.4 is 4.74 Å². The molecule has 0 aliphatic rings. The summed E-state index contributed by atoms with van der Waals surface area (Å²) in [6.07, 6.45) is 0. The van der Waals surface area contributed by atoms with Crippen molar-refractivity contribution in [3.05, 3.63) is 29.8 Å². The van der Waals surface area contributed by atoms with Crippen LogP contribution in [0.5, 0.6) is 5.75 Å². The summed E-state index contributed by atoms with van der Waals surface area (Å²) in [5.41, 5.74) is 0.333. The van der Waals surface area contributed by atoms with E-state index < -0.39 is 5.24 Å². The van der Waals surface area contributed by atoms with Crippen molar-refractivity contribution in [2.75, 3.05) is 6.07 Å². The zero-order valence-corrected chi connectivity index (χ0v) is 7.60. The summed E-state index contributed by atoms with van der Waals surface area (Å²) in [5, 5.41) is -0.546. The van der Waals surface area contributed by atoms with Crippen molar-refractivity contribution in [2.45, 2.75) is 0 Å². The number of benzene rings is 1. The second kappa shape index (κ2) is 4.33. The largest absolute Gasteiger partial charge is 0.477 e. The summed E-state index contributed by atoms with van der Waals surface area (Å²) in [4.78, 5) is 10.8. The Morgan fingerprint density at radius 1 is 1.42 bits per heavy atom. The highest BCUT2D eigenvalue weighted by Gasteiger charge is 2.07. The maximum atomic E-state index is 10.8. The summed E-state index contributed by atoms with van der Waals surface area (Å²) in [6.45, 7) is 0. The maximum Gasteiger partial charge on any atom is 0.256 e. The molecule has 0 saturated carbocycles. The van der Waals surface area contributed by atoms with Crippen LogP contribution in [0.4, 0.5) is 0 Å². The molecule has 0 unspecified atom stereocenters. The van der Waals surface area contributed by atoms with Gasteiger partial charge < -0.3 is 4.74 Å². The normalized spacial score (nSPS) is 9.50. The number of hydrogen-bond donors (Lipinski definition) is 0. The number of ether oxygens (including phenoxy) is 1. The average molecular weight is 205 g/mol. The summed E-state index contributed by atoms with van der Waals surface area (Å²) in [6, 6.07) is 6.66. The standard InChI is InChI=1S/C8H6Cl2O2/c9-5-12-7-4-2-1-3-6(7)8(10)11/h1-4H,5H2. The van der Waals surface area contributed by atoms with E-state index in [1.807, 2.05) is 0 Å². The molecule has 1 aromatic rings. The zero-order chi connectivity index (χ0) is 8.97. The van der Waals surface area contributed by atoms with Crippen LogP contribution in [0.25, 0.3) is 0 Å². The second-order valence-electron chi connectivity index (χ2n) is 2.02. The van der Waals surface area contributed by atoms with Crippen LogP contribution >= 0.6 is 23.2 Å². The number of carbonyl (C=O) groups is 1. The van der Waals surface area contributed by atoms with Gasteiger partial charge in [-0.05, 0) is 23.7 Å². The molecule has 0 heterocycles. The molecule has 0 saturated heterocycles. The molecule has 0 aliphatic carbocycles. The lowest BCUT2D eigenvalue weighted by Crippen LogP contribution is -1.96. The number of alkyl halides is 1. The number of hydrogen-bond acceptors (Lipinski definition) is 2. The fraction of sp³-hybridized carbons (Fsp3) is 0.125. The van der Waals surface area contributed by atoms with Crippen LogP contribution in [-0.2, 0) is 0 Å². The summed E-state index contributed by atoms with van der Waals surface area (Å²) < 4.78 is 4.96. The van der Waals surface area contributed by atoms with Crippen molar-refractivity contribution in [1.29, 1.82) is 0 Å². The quantitative estimate of drug-likeness (QED) is 0.560. The van der Waals surface area contributed by atoms with E-state index in [-0.39, 0.29) is 6.07 Å². The Kier molecular flexibility index (Phi) is 3.38. The molecule has 12 heavy (non-hydrogen) atoms. The van der Waals surface area contributed by atoms with Crippen molar-refractivity contribution < 1.29 is 9.53 Å². The lowest BCUT2D eigenvalue weighted by Gasteiger charge is -2.04. The van der Waals surface area contributed by atoms with Crippen LogP contribution in [0.2, 0.25) is 0 Å². The number of rotatable bonds is 3. The van der Waals surface area contributed by atoms with Gasteiger partial charge in [0, 0.05) is 0 Å². The SMILES string of the molecule is O=C(Cl)c1ccccc1OCCl. The lowest BCUT2D eigenvalue weighted by atomic mass is 10.2.